The van der Waals surface area contributed by atoms with Crippen LogP contribution in [0.25, 0.3) is 0 Å². The molecule has 2 rings (SSSR count). The van der Waals surface area contributed by atoms with E-state index in [4.69, 9.17) is 4.74 Å². The lowest BCUT2D eigenvalue weighted by molar-refractivity contribution is -0.122. The molecule has 0 aliphatic heterocycles. The molecule has 2 aromatic carbocycles. The Bertz CT molecular complexity index is 962. The Morgan fingerprint density at radius 3 is 2.13 bits per heavy atom. The van der Waals surface area contributed by atoms with Gasteiger partial charge in [-0.15, -0.1) is 0 Å². The SMILES string of the molecule is CCC(C(=O)NCCOc1ccc(C(C)(C)C)cc1)N(c1ccc(C)cc1)S(C)(=O)=O. The summed E-state index contributed by atoms with van der Waals surface area (Å²) in [5.74, 6) is 0.381. The normalized spacial score (nSPS) is 12.8. The number of rotatable bonds is 9. The maximum absolute atomic E-state index is 12.8. The summed E-state index contributed by atoms with van der Waals surface area (Å²) in [5.41, 5.74) is 2.79. The van der Waals surface area contributed by atoms with Gasteiger partial charge in [-0.2, -0.15) is 0 Å². The van der Waals surface area contributed by atoms with E-state index in [1.165, 1.54) is 9.87 Å². The summed E-state index contributed by atoms with van der Waals surface area (Å²) in [6.07, 6.45) is 1.47. The van der Waals surface area contributed by atoms with Crippen molar-refractivity contribution in [2.75, 3.05) is 23.7 Å². The van der Waals surface area contributed by atoms with E-state index in [1.807, 2.05) is 43.3 Å². The highest BCUT2D eigenvalue weighted by Gasteiger charge is 2.31. The van der Waals surface area contributed by atoms with Crippen LogP contribution in [0.3, 0.4) is 0 Å². The Labute approximate surface area is 186 Å². The first-order valence-electron chi connectivity index (χ1n) is 10.5. The Morgan fingerprint density at radius 2 is 1.65 bits per heavy atom. The van der Waals surface area contributed by atoms with Crippen LogP contribution in [-0.2, 0) is 20.2 Å². The average molecular weight is 447 g/mol. The quantitative estimate of drug-likeness (QED) is 0.590. The molecule has 170 valence electrons. The van der Waals surface area contributed by atoms with Gasteiger partial charge in [-0.3, -0.25) is 9.10 Å². The monoisotopic (exact) mass is 446 g/mol. The van der Waals surface area contributed by atoms with Gasteiger partial charge in [-0.05, 0) is 48.6 Å². The van der Waals surface area contributed by atoms with Gasteiger partial charge < -0.3 is 10.1 Å². The Morgan fingerprint density at radius 1 is 1.06 bits per heavy atom. The van der Waals surface area contributed by atoms with E-state index < -0.39 is 16.1 Å². The third-order valence-electron chi connectivity index (χ3n) is 5.01. The summed E-state index contributed by atoms with van der Waals surface area (Å²) in [6.45, 7) is 10.7. The van der Waals surface area contributed by atoms with E-state index in [1.54, 1.807) is 19.1 Å². The van der Waals surface area contributed by atoms with E-state index in [0.717, 1.165) is 17.6 Å². The lowest BCUT2D eigenvalue weighted by Crippen LogP contribution is -2.50. The predicted octanol–water partition coefficient (Wildman–Crippen LogP) is 4.03. The number of sulfonamides is 1. The number of nitrogens with zero attached hydrogens (tertiary/aromatic N) is 1. The van der Waals surface area contributed by atoms with Crippen LogP contribution in [0, 0.1) is 6.92 Å². The molecule has 0 aliphatic rings. The zero-order chi connectivity index (χ0) is 23.2. The van der Waals surface area contributed by atoms with Gasteiger partial charge in [-0.1, -0.05) is 57.5 Å². The molecule has 0 fully saturated rings. The van der Waals surface area contributed by atoms with Crippen LogP contribution in [0.4, 0.5) is 5.69 Å². The summed E-state index contributed by atoms with van der Waals surface area (Å²) in [5, 5.41) is 2.80. The van der Waals surface area contributed by atoms with Crippen molar-refractivity contribution in [3.8, 4) is 5.75 Å². The van der Waals surface area contributed by atoms with Gasteiger partial charge >= 0.3 is 0 Å². The molecular formula is C24H34N2O4S. The largest absolute Gasteiger partial charge is 0.492 e. The van der Waals surface area contributed by atoms with Crippen molar-refractivity contribution in [3.05, 3.63) is 59.7 Å². The first-order chi connectivity index (χ1) is 14.4. The van der Waals surface area contributed by atoms with Crippen molar-refractivity contribution in [2.45, 2.75) is 52.5 Å². The number of aryl methyl sites for hydroxylation is 1. The molecule has 0 aromatic heterocycles. The van der Waals surface area contributed by atoms with Crippen LogP contribution >= 0.6 is 0 Å². The highest BCUT2D eigenvalue weighted by Crippen LogP contribution is 2.24. The summed E-state index contributed by atoms with van der Waals surface area (Å²) >= 11 is 0. The molecular weight excluding hydrogens is 412 g/mol. The third-order valence-corrected chi connectivity index (χ3v) is 6.19. The van der Waals surface area contributed by atoms with Gasteiger partial charge in [0.25, 0.3) is 0 Å². The van der Waals surface area contributed by atoms with Gasteiger partial charge in [0.05, 0.1) is 18.5 Å². The minimum atomic E-state index is -3.64. The van der Waals surface area contributed by atoms with E-state index in [0.29, 0.717) is 18.7 Å². The maximum atomic E-state index is 12.8. The molecule has 0 heterocycles. The van der Waals surface area contributed by atoms with E-state index >= 15 is 0 Å². The Hall–Kier alpha value is -2.54. The number of amides is 1. The highest BCUT2D eigenvalue weighted by atomic mass is 32.2. The van der Waals surface area contributed by atoms with Crippen LogP contribution in [0.15, 0.2) is 48.5 Å². The van der Waals surface area contributed by atoms with Gasteiger partial charge in [0.15, 0.2) is 0 Å². The fourth-order valence-corrected chi connectivity index (χ4v) is 4.48. The van der Waals surface area contributed by atoms with Gasteiger partial charge in [-0.25, -0.2) is 8.42 Å². The number of carbonyl (C=O) groups excluding carboxylic acids is 1. The lowest BCUT2D eigenvalue weighted by atomic mass is 9.87. The van der Waals surface area contributed by atoms with E-state index in [2.05, 4.69) is 26.1 Å². The number of nitrogens with one attached hydrogen (secondary N) is 1. The van der Waals surface area contributed by atoms with Crippen molar-refractivity contribution >= 4 is 21.6 Å². The van der Waals surface area contributed by atoms with Crippen molar-refractivity contribution in [1.29, 1.82) is 0 Å². The second-order valence-corrected chi connectivity index (χ2v) is 10.6. The number of anilines is 1. The van der Waals surface area contributed by atoms with Crippen LogP contribution in [-0.4, -0.2) is 39.8 Å². The highest BCUT2D eigenvalue weighted by molar-refractivity contribution is 7.92. The van der Waals surface area contributed by atoms with Crippen molar-refractivity contribution < 1.29 is 17.9 Å². The number of hydrogen-bond acceptors (Lipinski definition) is 4. The minimum Gasteiger partial charge on any atom is -0.492 e. The molecule has 0 saturated carbocycles. The molecule has 0 saturated heterocycles. The maximum Gasteiger partial charge on any atom is 0.244 e. The molecule has 0 bridgehead atoms. The summed E-state index contributed by atoms with van der Waals surface area (Å²) in [7, 11) is -3.64. The van der Waals surface area contributed by atoms with Gasteiger partial charge in [0.2, 0.25) is 15.9 Å². The minimum absolute atomic E-state index is 0.0740. The van der Waals surface area contributed by atoms with Crippen LogP contribution in [0.5, 0.6) is 5.75 Å². The first-order valence-corrected chi connectivity index (χ1v) is 12.4. The fraction of sp³-hybridized carbons (Fsp3) is 0.458. The topological polar surface area (TPSA) is 75.7 Å². The van der Waals surface area contributed by atoms with Crippen LogP contribution < -0.4 is 14.4 Å². The lowest BCUT2D eigenvalue weighted by Gasteiger charge is -2.30. The fourth-order valence-electron chi connectivity index (χ4n) is 3.26. The molecule has 0 spiro atoms. The second-order valence-electron chi connectivity index (χ2n) is 8.73. The van der Waals surface area contributed by atoms with Crippen molar-refractivity contribution in [1.82, 2.24) is 5.32 Å². The molecule has 2 aromatic rings. The van der Waals surface area contributed by atoms with Crippen molar-refractivity contribution in [2.24, 2.45) is 0 Å². The molecule has 1 unspecified atom stereocenters. The standard InChI is InChI=1S/C24H34N2O4S/c1-7-22(26(31(6,28)29)20-12-8-18(2)9-13-20)23(27)25-16-17-30-21-14-10-19(11-15-21)24(3,4)5/h8-15,22H,7,16-17H2,1-6H3,(H,25,27). The zero-order valence-corrected chi connectivity index (χ0v) is 20.1. The van der Waals surface area contributed by atoms with Crippen LogP contribution in [0.1, 0.15) is 45.2 Å². The molecule has 1 amide bonds. The molecule has 7 heteroatoms. The van der Waals surface area contributed by atoms with Crippen LogP contribution in [0.2, 0.25) is 0 Å². The first kappa shape index (κ1) is 24.7. The molecule has 0 radical (unpaired) electrons. The van der Waals surface area contributed by atoms with E-state index in [-0.39, 0.29) is 17.9 Å². The van der Waals surface area contributed by atoms with Gasteiger partial charge in [0.1, 0.15) is 18.4 Å². The third kappa shape index (κ3) is 6.99. The summed E-state index contributed by atoms with van der Waals surface area (Å²) < 4.78 is 31.8. The number of hydrogen-bond donors (Lipinski definition) is 1. The number of ether oxygens (including phenoxy) is 1. The van der Waals surface area contributed by atoms with Gasteiger partial charge in [0, 0.05) is 0 Å². The number of benzene rings is 2. The number of carbonyl (C=O) groups is 1. The summed E-state index contributed by atoms with van der Waals surface area (Å²) in [4.78, 5) is 12.8. The van der Waals surface area contributed by atoms with E-state index in [9.17, 15) is 13.2 Å². The summed E-state index contributed by atoms with van der Waals surface area (Å²) in [6, 6.07) is 14.2. The molecule has 6 nitrogen and oxygen atoms in total. The molecule has 1 N–H and O–H groups in total. The van der Waals surface area contributed by atoms with Crippen molar-refractivity contribution in [3.63, 3.8) is 0 Å². The predicted molar refractivity (Wildman–Crippen MR) is 126 cm³/mol. The molecule has 1 atom stereocenters. The second kappa shape index (κ2) is 10.2. The Kier molecular flexibility index (Phi) is 8.12. The molecule has 0 aliphatic carbocycles. The zero-order valence-electron chi connectivity index (χ0n) is 19.3. The average Bonchev–Trinajstić information content (AvgIpc) is 2.69. The molecule has 31 heavy (non-hydrogen) atoms. The Balaban J connectivity index is 1.99. The smallest absolute Gasteiger partial charge is 0.244 e.